The molecule has 1 heterocycles. The minimum Gasteiger partial charge on any atom is -0.370 e. The molecule has 0 spiro atoms. The molecule has 0 fully saturated rings. The van der Waals surface area contributed by atoms with Gasteiger partial charge >= 0.3 is 0 Å². The van der Waals surface area contributed by atoms with E-state index >= 15 is 0 Å². The van der Waals surface area contributed by atoms with E-state index < -0.39 is 0 Å². The molecular weight excluding hydrogens is 266 g/mol. The second kappa shape index (κ2) is 9.96. The van der Waals surface area contributed by atoms with Crippen LogP contribution in [0.5, 0.6) is 0 Å². The molecule has 0 aliphatic carbocycles. The lowest BCUT2D eigenvalue weighted by atomic mass is 10.3. The fourth-order valence-corrected chi connectivity index (χ4v) is 1.85. The van der Waals surface area contributed by atoms with Crippen LogP contribution in [0.3, 0.4) is 0 Å². The Kier molecular flexibility index (Phi) is 8.16. The van der Waals surface area contributed by atoms with Gasteiger partial charge in [0.25, 0.3) is 0 Å². The van der Waals surface area contributed by atoms with Crippen LogP contribution in [0, 0.1) is 0 Å². The predicted octanol–water partition coefficient (Wildman–Crippen LogP) is 2.19. The van der Waals surface area contributed by atoms with Gasteiger partial charge in [-0.3, -0.25) is 4.79 Å². The summed E-state index contributed by atoms with van der Waals surface area (Å²) < 4.78 is 0. The molecule has 3 N–H and O–H groups in total. The molecule has 0 aliphatic heterocycles. The van der Waals surface area contributed by atoms with Crippen molar-refractivity contribution < 1.29 is 4.79 Å². The summed E-state index contributed by atoms with van der Waals surface area (Å²) in [5.74, 6) is 2.49. The predicted molar refractivity (Wildman–Crippen MR) is 86.6 cm³/mol. The largest absolute Gasteiger partial charge is 0.370 e. The molecule has 0 bridgehead atoms. The Balaban J connectivity index is 2.54. The molecule has 118 valence electrons. The van der Waals surface area contributed by atoms with Gasteiger partial charge in [-0.05, 0) is 19.8 Å². The number of aryl methyl sites for hydroxylation is 1. The van der Waals surface area contributed by atoms with Gasteiger partial charge in [0.05, 0.1) is 0 Å². The van der Waals surface area contributed by atoms with Crippen LogP contribution in [0.15, 0.2) is 6.07 Å². The van der Waals surface area contributed by atoms with Crippen molar-refractivity contribution >= 4 is 17.5 Å². The molecule has 6 nitrogen and oxygen atoms in total. The Bertz CT molecular complexity index is 412. The molecular formula is C15H27N5O. The third kappa shape index (κ3) is 6.92. The zero-order valence-electron chi connectivity index (χ0n) is 13.3. The van der Waals surface area contributed by atoms with Gasteiger partial charge in [0.15, 0.2) is 0 Å². The smallest absolute Gasteiger partial charge is 0.221 e. The second-order valence-electron chi connectivity index (χ2n) is 4.86. The highest BCUT2D eigenvalue weighted by molar-refractivity contribution is 5.76. The number of rotatable bonds is 10. The van der Waals surface area contributed by atoms with E-state index in [9.17, 15) is 4.79 Å². The maximum absolute atomic E-state index is 11.5. The summed E-state index contributed by atoms with van der Waals surface area (Å²) >= 11 is 0. The molecule has 1 aromatic heterocycles. The summed E-state index contributed by atoms with van der Waals surface area (Å²) in [7, 11) is 0. The van der Waals surface area contributed by atoms with Crippen molar-refractivity contribution in [1.29, 1.82) is 0 Å². The highest BCUT2D eigenvalue weighted by Crippen LogP contribution is 2.12. The average molecular weight is 293 g/mol. The van der Waals surface area contributed by atoms with Crippen LogP contribution >= 0.6 is 0 Å². The first-order valence-electron chi connectivity index (χ1n) is 7.81. The summed E-state index contributed by atoms with van der Waals surface area (Å²) in [6.07, 6.45) is 3.26. The van der Waals surface area contributed by atoms with Gasteiger partial charge in [-0.25, -0.2) is 9.97 Å². The number of nitrogens with one attached hydrogen (secondary N) is 3. The lowest BCUT2D eigenvalue weighted by Crippen LogP contribution is -2.26. The van der Waals surface area contributed by atoms with E-state index in [2.05, 4.69) is 32.8 Å². The first-order valence-corrected chi connectivity index (χ1v) is 7.81. The zero-order valence-corrected chi connectivity index (χ0v) is 13.3. The Morgan fingerprint density at radius 3 is 2.38 bits per heavy atom. The van der Waals surface area contributed by atoms with Gasteiger partial charge in [0.1, 0.15) is 17.5 Å². The summed E-state index contributed by atoms with van der Waals surface area (Å²) in [6, 6.07) is 1.88. The molecule has 21 heavy (non-hydrogen) atoms. The van der Waals surface area contributed by atoms with Gasteiger partial charge in [-0.1, -0.05) is 13.8 Å². The van der Waals surface area contributed by atoms with E-state index in [-0.39, 0.29) is 5.91 Å². The molecule has 1 amide bonds. The van der Waals surface area contributed by atoms with Crippen LogP contribution in [0.4, 0.5) is 11.6 Å². The first kappa shape index (κ1) is 17.2. The lowest BCUT2D eigenvalue weighted by molar-refractivity contribution is -0.120. The van der Waals surface area contributed by atoms with E-state index in [1.807, 2.05) is 19.9 Å². The minimum atomic E-state index is 0.0686. The van der Waals surface area contributed by atoms with Crippen molar-refractivity contribution in [3.8, 4) is 0 Å². The van der Waals surface area contributed by atoms with Crippen molar-refractivity contribution in [2.75, 3.05) is 30.3 Å². The maximum Gasteiger partial charge on any atom is 0.221 e. The summed E-state index contributed by atoms with van der Waals surface area (Å²) in [4.78, 5) is 20.5. The van der Waals surface area contributed by atoms with Crippen LogP contribution < -0.4 is 16.0 Å². The van der Waals surface area contributed by atoms with Gasteiger partial charge in [-0.15, -0.1) is 0 Å². The standard InChI is InChI=1S/C15H27N5O/c1-4-7-12-19-13(16-6-3)11-14(20-12)17-10-8-15(21)18-9-5-2/h11H,4-10H2,1-3H3,(H,18,21)(H2,16,17,19,20). The highest BCUT2D eigenvalue weighted by Gasteiger charge is 2.05. The van der Waals surface area contributed by atoms with Gasteiger partial charge < -0.3 is 16.0 Å². The van der Waals surface area contributed by atoms with Crippen LogP contribution in [0.1, 0.15) is 45.9 Å². The zero-order chi connectivity index (χ0) is 15.5. The third-order valence-corrected chi connectivity index (χ3v) is 2.83. The molecule has 1 aromatic rings. The Morgan fingerprint density at radius 1 is 1.05 bits per heavy atom. The van der Waals surface area contributed by atoms with Crippen molar-refractivity contribution in [3.05, 3.63) is 11.9 Å². The number of amides is 1. The van der Waals surface area contributed by atoms with E-state index in [0.29, 0.717) is 13.0 Å². The molecule has 0 saturated heterocycles. The molecule has 0 aromatic carbocycles. The monoisotopic (exact) mass is 293 g/mol. The van der Waals surface area contributed by atoms with Crippen molar-refractivity contribution in [3.63, 3.8) is 0 Å². The number of aromatic nitrogens is 2. The Morgan fingerprint density at radius 2 is 1.76 bits per heavy atom. The van der Waals surface area contributed by atoms with E-state index in [4.69, 9.17) is 0 Å². The average Bonchev–Trinajstić information content (AvgIpc) is 2.45. The topological polar surface area (TPSA) is 78.9 Å². The summed E-state index contributed by atoms with van der Waals surface area (Å²) in [6.45, 7) is 8.31. The molecule has 0 aliphatic rings. The molecule has 0 radical (unpaired) electrons. The fourth-order valence-electron chi connectivity index (χ4n) is 1.85. The van der Waals surface area contributed by atoms with Crippen LogP contribution in [-0.2, 0) is 11.2 Å². The highest BCUT2D eigenvalue weighted by atomic mass is 16.1. The summed E-state index contributed by atoms with van der Waals surface area (Å²) in [5.41, 5.74) is 0. The maximum atomic E-state index is 11.5. The number of anilines is 2. The third-order valence-electron chi connectivity index (χ3n) is 2.83. The molecule has 0 atom stereocenters. The molecule has 0 unspecified atom stereocenters. The van der Waals surface area contributed by atoms with Crippen molar-refractivity contribution in [1.82, 2.24) is 15.3 Å². The lowest BCUT2D eigenvalue weighted by Gasteiger charge is -2.10. The van der Waals surface area contributed by atoms with Crippen molar-refractivity contribution in [2.45, 2.75) is 46.5 Å². The van der Waals surface area contributed by atoms with Gasteiger partial charge in [0, 0.05) is 38.5 Å². The second-order valence-corrected chi connectivity index (χ2v) is 4.86. The van der Waals surface area contributed by atoms with Crippen molar-refractivity contribution in [2.24, 2.45) is 0 Å². The minimum absolute atomic E-state index is 0.0686. The number of nitrogens with zero attached hydrogens (tertiary/aromatic N) is 2. The van der Waals surface area contributed by atoms with E-state index in [0.717, 1.165) is 49.8 Å². The number of carbonyl (C=O) groups excluding carboxylic acids is 1. The SMILES string of the molecule is CCCNC(=O)CCNc1cc(NCC)nc(CCC)n1. The van der Waals surface area contributed by atoms with Crippen LogP contribution in [-0.4, -0.2) is 35.5 Å². The van der Waals surface area contributed by atoms with Crippen LogP contribution in [0.25, 0.3) is 0 Å². The fraction of sp³-hybridized carbons (Fsp3) is 0.667. The quantitative estimate of drug-likeness (QED) is 0.616. The summed E-state index contributed by atoms with van der Waals surface area (Å²) in [5, 5.41) is 9.26. The van der Waals surface area contributed by atoms with E-state index in [1.54, 1.807) is 0 Å². The number of carbonyl (C=O) groups is 1. The molecule has 0 saturated carbocycles. The Labute approximate surface area is 127 Å². The number of hydrogen-bond donors (Lipinski definition) is 3. The Hall–Kier alpha value is -1.85. The molecule has 6 heteroatoms. The molecule has 1 rings (SSSR count). The first-order chi connectivity index (χ1) is 10.2. The number of hydrogen-bond acceptors (Lipinski definition) is 5. The van der Waals surface area contributed by atoms with Crippen LogP contribution in [0.2, 0.25) is 0 Å². The van der Waals surface area contributed by atoms with Gasteiger partial charge in [0.2, 0.25) is 5.91 Å². The van der Waals surface area contributed by atoms with Gasteiger partial charge in [-0.2, -0.15) is 0 Å². The van der Waals surface area contributed by atoms with E-state index in [1.165, 1.54) is 0 Å². The normalized spacial score (nSPS) is 10.2.